The fraction of sp³-hybridized carbons (Fsp3) is 0.136. The summed E-state index contributed by atoms with van der Waals surface area (Å²) in [5.41, 5.74) is 4.94. The van der Waals surface area contributed by atoms with Crippen molar-refractivity contribution in [2.75, 3.05) is 5.32 Å². The smallest absolute Gasteiger partial charge is 0.255 e. The summed E-state index contributed by atoms with van der Waals surface area (Å²) in [4.78, 5) is 14.1. The first-order valence-electron chi connectivity index (χ1n) is 8.94. The number of hydrogen-bond donors (Lipinski definition) is 1. The molecule has 0 spiro atoms. The largest absolute Gasteiger partial charge is 0.322 e. The van der Waals surface area contributed by atoms with Gasteiger partial charge in [-0.1, -0.05) is 44.2 Å². The Morgan fingerprint density at radius 2 is 1.59 bits per heavy atom. The Kier molecular flexibility index (Phi) is 4.42. The van der Waals surface area contributed by atoms with Crippen molar-refractivity contribution >= 4 is 22.6 Å². The van der Waals surface area contributed by atoms with Gasteiger partial charge in [-0.2, -0.15) is 4.80 Å². The first kappa shape index (κ1) is 17.0. The molecule has 4 rings (SSSR count). The van der Waals surface area contributed by atoms with Crippen molar-refractivity contribution in [2.24, 2.45) is 0 Å². The molecule has 4 aromatic rings. The molecule has 0 saturated heterocycles. The van der Waals surface area contributed by atoms with Crippen molar-refractivity contribution in [3.63, 3.8) is 0 Å². The molecule has 5 heteroatoms. The van der Waals surface area contributed by atoms with Gasteiger partial charge >= 0.3 is 0 Å². The van der Waals surface area contributed by atoms with E-state index in [9.17, 15) is 4.79 Å². The van der Waals surface area contributed by atoms with E-state index in [4.69, 9.17) is 0 Å². The molecule has 3 aromatic carbocycles. The van der Waals surface area contributed by atoms with Crippen LogP contribution in [0.25, 0.3) is 16.7 Å². The van der Waals surface area contributed by atoms with E-state index in [1.54, 1.807) is 4.80 Å². The maximum atomic E-state index is 12.5. The summed E-state index contributed by atoms with van der Waals surface area (Å²) in [7, 11) is 0. The fourth-order valence-corrected chi connectivity index (χ4v) is 2.89. The standard InChI is InChI=1S/C22H20N4O/c1-15(2)16-8-10-17(11-9-16)22(27)23-18-12-13-20-21(14-18)25-26(24-20)19-6-4-3-5-7-19/h3-15H,1-2H3,(H,23,27). The topological polar surface area (TPSA) is 59.8 Å². The average molecular weight is 356 g/mol. The molecule has 0 atom stereocenters. The SMILES string of the molecule is CC(C)c1ccc(C(=O)Nc2ccc3nn(-c4ccccc4)nc3c2)cc1. The van der Waals surface area contributed by atoms with E-state index in [2.05, 4.69) is 29.4 Å². The molecule has 0 unspecified atom stereocenters. The number of nitrogens with one attached hydrogen (secondary N) is 1. The fourth-order valence-electron chi connectivity index (χ4n) is 2.89. The first-order valence-corrected chi connectivity index (χ1v) is 8.94. The summed E-state index contributed by atoms with van der Waals surface area (Å²) in [5.74, 6) is 0.303. The molecule has 5 nitrogen and oxygen atoms in total. The molecule has 0 bridgehead atoms. The number of fused-ring (bicyclic) bond motifs is 1. The van der Waals surface area contributed by atoms with Crippen LogP contribution in [-0.2, 0) is 0 Å². The van der Waals surface area contributed by atoms with E-state index in [0.717, 1.165) is 16.7 Å². The van der Waals surface area contributed by atoms with Crippen molar-refractivity contribution in [1.82, 2.24) is 15.0 Å². The van der Waals surface area contributed by atoms with E-state index in [-0.39, 0.29) is 5.91 Å². The molecule has 1 amide bonds. The number of carbonyl (C=O) groups excluding carboxylic acids is 1. The Bertz CT molecular complexity index is 1080. The number of anilines is 1. The lowest BCUT2D eigenvalue weighted by Gasteiger charge is -2.08. The minimum Gasteiger partial charge on any atom is -0.322 e. The Hall–Kier alpha value is -3.47. The summed E-state index contributed by atoms with van der Waals surface area (Å²) >= 11 is 0. The van der Waals surface area contributed by atoms with E-state index in [1.807, 2.05) is 72.8 Å². The Labute approximate surface area is 157 Å². The summed E-state index contributed by atoms with van der Waals surface area (Å²) < 4.78 is 0. The Balaban J connectivity index is 1.56. The lowest BCUT2D eigenvalue weighted by atomic mass is 10.0. The maximum Gasteiger partial charge on any atom is 0.255 e. The maximum absolute atomic E-state index is 12.5. The van der Waals surface area contributed by atoms with E-state index in [1.165, 1.54) is 5.56 Å². The van der Waals surface area contributed by atoms with Crippen LogP contribution in [0.2, 0.25) is 0 Å². The summed E-state index contributed by atoms with van der Waals surface area (Å²) in [6, 6.07) is 23.0. The lowest BCUT2D eigenvalue weighted by Crippen LogP contribution is -2.11. The second-order valence-electron chi connectivity index (χ2n) is 6.76. The molecule has 0 saturated carbocycles. The Morgan fingerprint density at radius 1 is 0.889 bits per heavy atom. The quantitative estimate of drug-likeness (QED) is 0.571. The van der Waals surface area contributed by atoms with Gasteiger partial charge in [-0.3, -0.25) is 4.79 Å². The number of aromatic nitrogens is 3. The Morgan fingerprint density at radius 3 is 2.30 bits per heavy atom. The zero-order valence-corrected chi connectivity index (χ0v) is 15.3. The van der Waals surface area contributed by atoms with Crippen LogP contribution in [0, 0.1) is 0 Å². The van der Waals surface area contributed by atoms with Crippen LogP contribution < -0.4 is 5.32 Å². The van der Waals surface area contributed by atoms with Crippen LogP contribution in [0.3, 0.4) is 0 Å². The molecule has 0 fully saturated rings. The molecule has 134 valence electrons. The van der Waals surface area contributed by atoms with E-state index in [0.29, 0.717) is 17.2 Å². The van der Waals surface area contributed by atoms with Crippen LogP contribution >= 0.6 is 0 Å². The van der Waals surface area contributed by atoms with Gasteiger partial charge < -0.3 is 5.32 Å². The van der Waals surface area contributed by atoms with Crippen LogP contribution in [0.4, 0.5) is 5.69 Å². The number of rotatable bonds is 4. The highest BCUT2D eigenvalue weighted by molar-refractivity contribution is 6.04. The average Bonchev–Trinajstić information content (AvgIpc) is 3.12. The predicted octanol–water partition coefficient (Wildman–Crippen LogP) is 4.80. The van der Waals surface area contributed by atoms with Crippen LogP contribution in [0.1, 0.15) is 35.7 Å². The zero-order valence-electron chi connectivity index (χ0n) is 15.3. The molecule has 1 aromatic heterocycles. The van der Waals surface area contributed by atoms with Crippen molar-refractivity contribution in [3.8, 4) is 5.69 Å². The molecular formula is C22H20N4O. The van der Waals surface area contributed by atoms with Gasteiger partial charge in [0.25, 0.3) is 5.91 Å². The summed E-state index contributed by atoms with van der Waals surface area (Å²) in [6.45, 7) is 4.26. The van der Waals surface area contributed by atoms with Crippen LogP contribution in [0.15, 0.2) is 72.8 Å². The van der Waals surface area contributed by atoms with E-state index < -0.39 is 0 Å². The van der Waals surface area contributed by atoms with Gasteiger partial charge in [-0.25, -0.2) is 0 Å². The van der Waals surface area contributed by atoms with Crippen molar-refractivity contribution in [2.45, 2.75) is 19.8 Å². The lowest BCUT2D eigenvalue weighted by molar-refractivity contribution is 0.102. The highest BCUT2D eigenvalue weighted by Gasteiger charge is 2.10. The summed E-state index contributed by atoms with van der Waals surface area (Å²) in [6.07, 6.45) is 0. The third-order valence-electron chi connectivity index (χ3n) is 4.46. The van der Waals surface area contributed by atoms with Gasteiger partial charge in [0.2, 0.25) is 0 Å². The predicted molar refractivity (Wildman–Crippen MR) is 107 cm³/mol. The van der Waals surface area contributed by atoms with Gasteiger partial charge in [0.1, 0.15) is 11.0 Å². The zero-order chi connectivity index (χ0) is 18.8. The number of hydrogen-bond acceptors (Lipinski definition) is 3. The normalized spacial score (nSPS) is 11.1. The van der Waals surface area contributed by atoms with Crippen LogP contribution in [-0.4, -0.2) is 20.9 Å². The monoisotopic (exact) mass is 356 g/mol. The number of carbonyl (C=O) groups is 1. The van der Waals surface area contributed by atoms with Gasteiger partial charge in [0, 0.05) is 11.3 Å². The van der Waals surface area contributed by atoms with Gasteiger partial charge in [-0.15, -0.1) is 10.2 Å². The molecule has 0 aliphatic rings. The second kappa shape index (κ2) is 7.03. The van der Waals surface area contributed by atoms with Crippen molar-refractivity contribution in [3.05, 3.63) is 83.9 Å². The highest BCUT2D eigenvalue weighted by atomic mass is 16.1. The second-order valence-corrected chi connectivity index (χ2v) is 6.76. The van der Waals surface area contributed by atoms with E-state index >= 15 is 0 Å². The number of para-hydroxylation sites is 1. The van der Waals surface area contributed by atoms with Crippen molar-refractivity contribution < 1.29 is 4.79 Å². The van der Waals surface area contributed by atoms with Gasteiger partial charge in [0.15, 0.2) is 0 Å². The minimum atomic E-state index is -0.139. The number of benzene rings is 3. The summed E-state index contributed by atoms with van der Waals surface area (Å²) in [5, 5.41) is 11.9. The highest BCUT2D eigenvalue weighted by Crippen LogP contribution is 2.19. The number of nitrogens with zero attached hydrogens (tertiary/aromatic N) is 3. The van der Waals surface area contributed by atoms with Gasteiger partial charge in [0.05, 0.1) is 5.69 Å². The van der Waals surface area contributed by atoms with Crippen LogP contribution in [0.5, 0.6) is 0 Å². The molecule has 0 aliphatic carbocycles. The molecule has 27 heavy (non-hydrogen) atoms. The number of amides is 1. The minimum absolute atomic E-state index is 0.139. The molecule has 1 N–H and O–H groups in total. The molecule has 0 radical (unpaired) electrons. The molecule has 0 aliphatic heterocycles. The van der Waals surface area contributed by atoms with Gasteiger partial charge in [-0.05, 0) is 53.9 Å². The van der Waals surface area contributed by atoms with Crippen molar-refractivity contribution in [1.29, 1.82) is 0 Å². The molecule has 1 heterocycles. The third kappa shape index (κ3) is 3.58. The third-order valence-corrected chi connectivity index (χ3v) is 4.46. The first-order chi connectivity index (χ1) is 13.1. The molecular weight excluding hydrogens is 336 g/mol.